The van der Waals surface area contributed by atoms with Crippen LogP contribution in [0.25, 0.3) is 10.9 Å². The second-order valence-electron chi connectivity index (χ2n) is 11.4. The van der Waals surface area contributed by atoms with Crippen molar-refractivity contribution in [1.82, 2.24) is 20.1 Å². The van der Waals surface area contributed by atoms with Gasteiger partial charge < -0.3 is 30.3 Å². The summed E-state index contributed by atoms with van der Waals surface area (Å²) in [5.41, 5.74) is 1.22. The molecule has 3 aromatic rings. The molecular weight excluding hydrogens is 584 g/mol. The van der Waals surface area contributed by atoms with Crippen molar-refractivity contribution in [3.63, 3.8) is 0 Å². The van der Waals surface area contributed by atoms with Crippen LogP contribution < -0.4 is 16.1 Å². The average Bonchev–Trinajstić information content (AvgIpc) is 3.38. The van der Waals surface area contributed by atoms with Gasteiger partial charge in [-0.05, 0) is 62.6 Å². The van der Waals surface area contributed by atoms with E-state index in [1.54, 1.807) is 19.9 Å². The lowest BCUT2D eigenvalue weighted by atomic mass is 9.95. The van der Waals surface area contributed by atoms with Crippen LogP contribution >= 0.6 is 23.4 Å². The molecule has 218 valence electrons. The molecule has 5 atom stereocenters. The second-order valence-corrected chi connectivity index (χ2v) is 13.6. The predicted molar refractivity (Wildman–Crippen MR) is 156 cm³/mol. The number of benzene rings is 2. The van der Waals surface area contributed by atoms with Crippen molar-refractivity contribution in [1.29, 1.82) is 0 Å². The maximum atomic E-state index is 13.6. The molecule has 2 aromatic carbocycles. The third kappa shape index (κ3) is 4.31. The summed E-state index contributed by atoms with van der Waals surface area (Å²) in [5, 5.41) is 24.9. The minimum Gasteiger partial charge on any atom is -0.508 e. The molecule has 4 N–H and O–H groups in total. The lowest BCUT2D eigenvalue weighted by Crippen LogP contribution is -2.71. The number of carbonyl (C=O) groups excluding carboxylic acids is 3. The molecule has 1 aromatic heterocycles. The molecule has 0 bridgehead atoms. The van der Waals surface area contributed by atoms with Crippen LogP contribution in [-0.2, 0) is 20.8 Å². The Kier molecular flexibility index (Phi) is 6.54. The van der Waals surface area contributed by atoms with Crippen molar-refractivity contribution < 1.29 is 29.4 Å². The van der Waals surface area contributed by atoms with Gasteiger partial charge in [0.1, 0.15) is 34.8 Å². The molecule has 2 fully saturated rings. The van der Waals surface area contributed by atoms with Crippen LogP contribution in [0.1, 0.15) is 54.3 Å². The number of nitrogens with one attached hydrogen (secondary N) is 2. The first-order valence-electron chi connectivity index (χ1n) is 13.3. The normalized spacial score (nSPS) is 24.2. The summed E-state index contributed by atoms with van der Waals surface area (Å²) in [6, 6.07) is 5.51. The van der Waals surface area contributed by atoms with Gasteiger partial charge in [0, 0.05) is 27.4 Å². The topological polar surface area (TPSA) is 158 Å². The number of β-lactam (4-membered cyclic amide) rings is 1. The Balaban J connectivity index is 1.31. The molecule has 6 rings (SSSR count). The third-order valence-corrected chi connectivity index (χ3v) is 9.93. The molecule has 3 aliphatic heterocycles. The summed E-state index contributed by atoms with van der Waals surface area (Å²) in [7, 11) is 0. The van der Waals surface area contributed by atoms with Crippen LogP contribution in [0.3, 0.4) is 0 Å². The van der Waals surface area contributed by atoms with Crippen molar-refractivity contribution in [2.45, 2.75) is 61.5 Å². The Hall–Kier alpha value is -4.03. The standard InChI is InChI=1S/C29H27ClN4O7S/c1-12-8-14-9-15(30)10-17-21(14)33(12)11-18(22(17)36)24(37)31-19(13-4-6-16(35)7-5-13)25(38)32-20-26(39)34-23(28(40)41)29(2,3)42-27(20)34/h4-7,9-12,19-20,23,27,35H,8H2,1-3H3,(H,31,37)(H,32,38)(H,40,41). The van der Waals surface area contributed by atoms with Gasteiger partial charge in [0.15, 0.2) is 0 Å². The van der Waals surface area contributed by atoms with Gasteiger partial charge >= 0.3 is 5.97 Å². The number of phenols is 1. The number of amides is 3. The van der Waals surface area contributed by atoms with E-state index in [1.807, 2.05) is 11.5 Å². The quantitative estimate of drug-likeness (QED) is 0.310. The van der Waals surface area contributed by atoms with Gasteiger partial charge in [-0.15, -0.1) is 11.8 Å². The minimum atomic E-state index is -1.34. The second kappa shape index (κ2) is 9.77. The van der Waals surface area contributed by atoms with Crippen LogP contribution in [-0.4, -0.2) is 65.6 Å². The van der Waals surface area contributed by atoms with Crippen molar-refractivity contribution in [3.8, 4) is 5.75 Å². The zero-order valence-corrected chi connectivity index (χ0v) is 24.3. The van der Waals surface area contributed by atoms with Crippen molar-refractivity contribution in [2.24, 2.45) is 0 Å². The number of aromatic nitrogens is 1. The molecule has 3 aliphatic rings. The maximum Gasteiger partial charge on any atom is 0.327 e. The van der Waals surface area contributed by atoms with E-state index in [0.717, 1.165) is 5.56 Å². The van der Waals surface area contributed by atoms with Crippen molar-refractivity contribution >= 4 is 58.0 Å². The number of carbonyl (C=O) groups is 4. The molecule has 0 saturated carbocycles. The number of hydrogen-bond acceptors (Lipinski definition) is 7. The lowest BCUT2D eigenvalue weighted by Gasteiger charge is -2.44. The number of aliphatic carboxylic acids is 1. The van der Waals surface area contributed by atoms with E-state index in [1.165, 1.54) is 53.2 Å². The number of phenolic OH excluding ortho intramolecular Hbond substituents is 1. The van der Waals surface area contributed by atoms with Gasteiger partial charge in [-0.1, -0.05) is 23.7 Å². The Morgan fingerprint density at radius 2 is 1.83 bits per heavy atom. The Labute approximate surface area is 248 Å². The van der Waals surface area contributed by atoms with E-state index in [-0.39, 0.29) is 17.4 Å². The first-order valence-corrected chi connectivity index (χ1v) is 14.5. The molecule has 0 radical (unpaired) electrons. The van der Waals surface area contributed by atoms with Crippen molar-refractivity contribution in [3.05, 3.63) is 74.5 Å². The summed E-state index contributed by atoms with van der Waals surface area (Å²) < 4.78 is 1.07. The SMILES string of the molecule is CC1Cc2cc(Cl)cc3c(=O)c(C(=O)NC(C(=O)NC4C(=O)N5C4SC(C)(C)C5C(=O)O)c4ccc(O)cc4)cn1c23. The van der Waals surface area contributed by atoms with Gasteiger partial charge in [0.25, 0.3) is 5.91 Å². The number of aromatic hydroxyl groups is 1. The summed E-state index contributed by atoms with van der Waals surface area (Å²) in [6.07, 6.45) is 2.13. The van der Waals surface area contributed by atoms with Gasteiger partial charge in [-0.25, -0.2) is 4.79 Å². The number of fused-ring (bicyclic) bond motifs is 1. The van der Waals surface area contributed by atoms with E-state index >= 15 is 0 Å². The van der Waals surface area contributed by atoms with Gasteiger partial charge in [-0.3, -0.25) is 19.2 Å². The van der Waals surface area contributed by atoms with E-state index in [2.05, 4.69) is 10.6 Å². The largest absolute Gasteiger partial charge is 0.508 e. The van der Waals surface area contributed by atoms with E-state index < -0.39 is 57.4 Å². The zero-order chi connectivity index (χ0) is 30.2. The highest BCUT2D eigenvalue weighted by atomic mass is 35.5. The molecule has 13 heteroatoms. The van der Waals surface area contributed by atoms with E-state index in [4.69, 9.17) is 11.6 Å². The zero-order valence-electron chi connectivity index (χ0n) is 22.8. The number of nitrogens with zero attached hydrogens (tertiary/aromatic N) is 2. The van der Waals surface area contributed by atoms with E-state index in [0.29, 0.717) is 27.9 Å². The highest BCUT2D eigenvalue weighted by Gasteiger charge is 2.64. The number of carboxylic acid groups (broad SMARTS) is 1. The molecule has 0 spiro atoms. The molecular formula is C29H27ClN4O7S. The fourth-order valence-corrected chi connectivity index (χ4v) is 8.05. The summed E-state index contributed by atoms with van der Waals surface area (Å²) in [4.78, 5) is 66.9. The number of halogens is 1. The molecule has 0 aliphatic carbocycles. The number of pyridine rings is 1. The van der Waals surface area contributed by atoms with Crippen molar-refractivity contribution in [2.75, 3.05) is 0 Å². The number of rotatable bonds is 6. The summed E-state index contributed by atoms with van der Waals surface area (Å²) in [6.45, 7) is 5.41. The van der Waals surface area contributed by atoms with Gasteiger partial charge in [0.2, 0.25) is 17.2 Å². The Morgan fingerprint density at radius 3 is 2.50 bits per heavy atom. The van der Waals surface area contributed by atoms with Crippen LogP contribution in [0, 0.1) is 0 Å². The first kappa shape index (κ1) is 28.1. The van der Waals surface area contributed by atoms with Crippen LogP contribution in [0.2, 0.25) is 5.02 Å². The van der Waals surface area contributed by atoms with Gasteiger partial charge in [0.05, 0.1) is 5.52 Å². The smallest absolute Gasteiger partial charge is 0.327 e. The molecule has 4 heterocycles. The fourth-order valence-electron chi connectivity index (χ4n) is 6.18. The molecule has 11 nitrogen and oxygen atoms in total. The molecule has 42 heavy (non-hydrogen) atoms. The van der Waals surface area contributed by atoms with Crippen LogP contribution in [0.5, 0.6) is 5.75 Å². The third-order valence-electron chi connectivity index (χ3n) is 8.14. The Morgan fingerprint density at radius 1 is 1.14 bits per heavy atom. The summed E-state index contributed by atoms with van der Waals surface area (Å²) in [5.74, 6) is -3.25. The number of carboxylic acids is 1. The first-order chi connectivity index (χ1) is 19.8. The average molecular weight is 611 g/mol. The maximum absolute atomic E-state index is 13.6. The Bertz CT molecular complexity index is 1760. The van der Waals surface area contributed by atoms with Crippen LogP contribution in [0.4, 0.5) is 0 Å². The fraction of sp³-hybridized carbons (Fsp3) is 0.345. The minimum absolute atomic E-state index is 0.0281. The lowest BCUT2D eigenvalue weighted by molar-refractivity contribution is -0.161. The number of thioether (sulfide) groups is 1. The molecule has 5 unspecified atom stereocenters. The van der Waals surface area contributed by atoms with Crippen LogP contribution in [0.15, 0.2) is 47.4 Å². The van der Waals surface area contributed by atoms with Gasteiger partial charge in [-0.2, -0.15) is 0 Å². The number of hydrogen-bond donors (Lipinski definition) is 4. The molecule has 2 saturated heterocycles. The monoisotopic (exact) mass is 610 g/mol. The summed E-state index contributed by atoms with van der Waals surface area (Å²) >= 11 is 7.55. The van der Waals surface area contributed by atoms with E-state index in [9.17, 15) is 34.2 Å². The molecule has 3 amide bonds. The highest BCUT2D eigenvalue weighted by molar-refractivity contribution is 8.01. The highest BCUT2D eigenvalue weighted by Crippen LogP contribution is 2.50. The predicted octanol–water partition coefficient (Wildman–Crippen LogP) is 2.58.